The lowest BCUT2D eigenvalue weighted by atomic mass is 10.2. The van der Waals surface area contributed by atoms with E-state index in [0.29, 0.717) is 5.89 Å². The number of hydrogen-bond acceptors (Lipinski definition) is 5. The number of rotatable bonds is 10. The van der Waals surface area contributed by atoms with Gasteiger partial charge in [-0.2, -0.15) is 4.98 Å². The Labute approximate surface area is 125 Å². The lowest BCUT2D eigenvalue weighted by molar-refractivity contribution is 0.306. The van der Waals surface area contributed by atoms with Gasteiger partial charge >= 0.3 is 0 Å². The molecular formula is C16H23N3O2. The van der Waals surface area contributed by atoms with Crippen LogP contribution in [0.2, 0.25) is 0 Å². The van der Waals surface area contributed by atoms with Crippen LogP contribution in [0.3, 0.4) is 0 Å². The molecule has 1 aromatic carbocycles. The first kappa shape index (κ1) is 15.5. The predicted molar refractivity (Wildman–Crippen MR) is 81.2 cm³/mol. The van der Waals surface area contributed by atoms with Crippen LogP contribution in [0.1, 0.15) is 37.6 Å². The minimum Gasteiger partial charge on any atom is -0.494 e. The van der Waals surface area contributed by atoms with Crippen molar-refractivity contribution >= 4 is 0 Å². The normalized spacial score (nSPS) is 10.7. The Morgan fingerprint density at radius 1 is 1.19 bits per heavy atom. The molecular weight excluding hydrogens is 266 g/mol. The molecule has 0 saturated carbocycles. The number of benzene rings is 1. The summed E-state index contributed by atoms with van der Waals surface area (Å²) in [5.74, 6) is 1.61. The minimum absolute atomic E-state index is 0.665. The quantitative estimate of drug-likeness (QED) is 0.681. The van der Waals surface area contributed by atoms with Gasteiger partial charge < -0.3 is 14.6 Å². The molecule has 0 aliphatic heterocycles. The number of unbranched alkanes of at least 4 members (excludes halogenated alkanes) is 2. The summed E-state index contributed by atoms with van der Waals surface area (Å²) in [4.78, 5) is 3.98. The van der Waals surface area contributed by atoms with E-state index in [9.17, 15) is 0 Å². The average Bonchev–Trinajstić information content (AvgIpc) is 3.03. The maximum absolute atomic E-state index is 5.69. The van der Waals surface area contributed by atoms with E-state index in [-0.39, 0.29) is 0 Å². The van der Waals surface area contributed by atoms with E-state index >= 15 is 0 Å². The van der Waals surface area contributed by atoms with Crippen LogP contribution in [0.5, 0.6) is 5.75 Å². The molecule has 1 aromatic heterocycles. The lowest BCUT2D eigenvalue weighted by Crippen LogP contribution is -2.16. The second-order valence-corrected chi connectivity index (χ2v) is 4.96. The van der Waals surface area contributed by atoms with Gasteiger partial charge in [-0.25, -0.2) is 0 Å². The van der Waals surface area contributed by atoms with Gasteiger partial charge in [-0.15, -0.1) is 0 Å². The zero-order chi connectivity index (χ0) is 14.8. The second kappa shape index (κ2) is 9.13. The van der Waals surface area contributed by atoms with Crippen molar-refractivity contribution in [1.29, 1.82) is 0 Å². The molecule has 5 nitrogen and oxygen atoms in total. The third-order valence-corrected chi connectivity index (χ3v) is 3.19. The average molecular weight is 289 g/mol. The van der Waals surface area contributed by atoms with E-state index in [2.05, 4.69) is 34.5 Å². The van der Waals surface area contributed by atoms with Crippen LogP contribution in [0.4, 0.5) is 0 Å². The Balaban J connectivity index is 1.62. The fraction of sp³-hybridized carbons (Fsp3) is 0.500. The molecule has 1 heterocycles. The zero-order valence-electron chi connectivity index (χ0n) is 12.5. The highest BCUT2D eigenvalue weighted by atomic mass is 16.5. The summed E-state index contributed by atoms with van der Waals surface area (Å²) in [7, 11) is 0. The summed E-state index contributed by atoms with van der Waals surface area (Å²) in [5, 5.41) is 6.93. The van der Waals surface area contributed by atoms with Gasteiger partial charge in [-0.05, 0) is 24.1 Å². The number of nitrogens with one attached hydrogen (secondary N) is 1. The Hall–Kier alpha value is -1.88. The van der Waals surface area contributed by atoms with Crippen molar-refractivity contribution in [3.05, 3.63) is 42.0 Å². The highest BCUT2D eigenvalue weighted by Crippen LogP contribution is 2.12. The van der Waals surface area contributed by atoms with Crippen LogP contribution >= 0.6 is 0 Å². The van der Waals surface area contributed by atoms with E-state index in [1.165, 1.54) is 24.7 Å². The van der Waals surface area contributed by atoms with Crippen molar-refractivity contribution in [2.75, 3.05) is 13.2 Å². The van der Waals surface area contributed by atoms with E-state index in [0.717, 1.165) is 38.3 Å². The molecule has 0 saturated heterocycles. The van der Waals surface area contributed by atoms with Crippen molar-refractivity contribution in [3.63, 3.8) is 0 Å². The highest BCUT2D eigenvalue weighted by Gasteiger charge is 1.99. The Bertz CT molecular complexity index is 483. The van der Waals surface area contributed by atoms with Crippen LogP contribution in [0.25, 0.3) is 0 Å². The van der Waals surface area contributed by atoms with Crippen molar-refractivity contribution in [1.82, 2.24) is 15.5 Å². The molecule has 1 N–H and O–H groups in total. The molecule has 0 spiro atoms. The maximum atomic E-state index is 5.69. The number of nitrogens with zero attached hydrogens (tertiary/aromatic N) is 2. The van der Waals surface area contributed by atoms with Crippen molar-refractivity contribution in [2.45, 2.75) is 39.2 Å². The van der Waals surface area contributed by atoms with Gasteiger partial charge in [-0.3, -0.25) is 0 Å². The molecule has 2 aromatic rings. The van der Waals surface area contributed by atoms with Crippen LogP contribution in [-0.4, -0.2) is 23.3 Å². The van der Waals surface area contributed by atoms with Crippen molar-refractivity contribution in [3.8, 4) is 5.75 Å². The summed E-state index contributed by atoms with van der Waals surface area (Å²) >= 11 is 0. The number of aromatic nitrogens is 2. The Morgan fingerprint density at radius 3 is 2.76 bits per heavy atom. The van der Waals surface area contributed by atoms with Crippen LogP contribution < -0.4 is 10.1 Å². The molecule has 0 aliphatic rings. The smallest absolute Gasteiger partial charge is 0.227 e. The van der Waals surface area contributed by atoms with E-state index < -0.39 is 0 Å². The third-order valence-electron chi connectivity index (χ3n) is 3.19. The fourth-order valence-electron chi connectivity index (χ4n) is 1.98. The Kier molecular flexibility index (Phi) is 6.74. The van der Waals surface area contributed by atoms with Gasteiger partial charge in [0.05, 0.1) is 6.61 Å². The molecule has 0 unspecified atom stereocenters. The molecule has 0 aliphatic carbocycles. The largest absolute Gasteiger partial charge is 0.494 e. The molecule has 2 rings (SSSR count). The molecule has 21 heavy (non-hydrogen) atoms. The lowest BCUT2D eigenvalue weighted by Gasteiger charge is -2.07. The Morgan fingerprint density at radius 2 is 2.05 bits per heavy atom. The van der Waals surface area contributed by atoms with Gasteiger partial charge in [-0.1, -0.05) is 37.1 Å². The third kappa shape index (κ3) is 5.95. The van der Waals surface area contributed by atoms with Gasteiger partial charge in [0.25, 0.3) is 0 Å². The van der Waals surface area contributed by atoms with Gasteiger partial charge in [0, 0.05) is 19.5 Å². The van der Waals surface area contributed by atoms with Gasteiger partial charge in [0.15, 0.2) is 6.33 Å². The second-order valence-electron chi connectivity index (χ2n) is 4.96. The van der Waals surface area contributed by atoms with Crippen LogP contribution in [0, 0.1) is 0 Å². The molecule has 0 radical (unpaired) electrons. The van der Waals surface area contributed by atoms with Crippen molar-refractivity contribution in [2.24, 2.45) is 0 Å². The first-order valence-corrected chi connectivity index (χ1v) is 7.56. The molecule has 0 amide bonds. The SMILES string of the molecule is CCCCCOc1ccc(CNCCc2ncno2)cc1. The first-order chi connectivity index (χ1) is 10.4. The summed E-state index contributed by atoms with van der Waals surface area (Å²) in [6.45, 7) is 4.64. The topological polar surface area (TPSA) is 60.2 Å². The molecule has 5 heteroatoms. The molecule has 0 bridgehead atoms. The fourth-order valence-corrected chi connectivity index (χ4v) is 1.98. The zero-order valence-corrected chi connectivity index (χ0v) is 12.5. The van der Waals surface area contributed by atoms with Crippen LogP contribution in [0.15, 0.2) is 35.1 Å². The van der Waals surface area contributed by atoms with E-state index in [1.807, 2.05) is 12.1 Å². The maximum Gasteiger partial charge on any atom is 0.227 e. The highest BCUT2D eigenvalue weighted by molar-refractivity contribution is 5.27. The predicted octanol–water partition coefficient (Wildman–Crippen LogP) is 2.97. The summed E-state index contributed by atoms with van der Waals surface area (Å²) in [6.07, 6.45) is 5.74. The standard InChI is InChI=1S/C16H23N3O2/c1-2-3-4-11-20-15-7-5-14(6-8-15)12-17-10-9-16-18-13-19-21-16/h5-8,13,17H,2-4,9-12H2,1H3. The summed E-state index contributed by atoms with van der Waals surface area (Å²) in [5.41, 5.74) is 1.24. The summed E-state index contributed by atoms with van der Waals surface area (Å²) < 4.78 is 10.6. The molecule has 0 fully saturated rings. The van der Waals surface area contributed by atoms with E-state index in [1.54, 1.807) is 0 Å². The monoisotopic (exact) mass is 289 g/mol. The number of ether oxygens (including phenoxy) is 1. The number of hydrogen-bond donors (Lipinski definition) is 1. The van der Waals surface area contributed by atoms with Gasteiger partial charge in [0.1, 0.15) is 5.75 Å². The minimum atomic E-state index is 0.665. The summed E-state index contributed by atoms with van der Waals surface area (Å²) in [6, 6.07) is 8.24. The first-order valence-electron chi connectivity index (χ1n) is 7.56. The molecule has 114 valence electrons. The van der Waals surface area contributed by atoms with Gasteiger partial charge in [0.2, 0.25) is 5.89 Å². The van der Waals surface area contributed by atoms with Crippen LogP contribution in [-0.2, 0) is 13.0 Å². The molecule has 0 atom stereocenters. The van der Waals surface area contributed by atoms with E-state index in [4.69, 9.17) is 9.26 Å². The van der Waals surface area contributed by atoms with Crippen molar-refractivity contribution < 1.29 is 9.26 Å².